The van der Waals surface area contributed by atoms with Gasteiger partial charge in [-0.25, -0.2) is 0 Å². The van der Waals surface area contributed by atoms with Gasteiger partial charge in [-0.1, -0.05) is 18.2 Å². The Hall–Kier alpha value is -2.35. The van der Waals surface area contributed by atoms with Crippen LogP contribution in [-0.2, 0) is 10.5 Å². The number of nitrogens with two attached hydrogens (primary N) is 2. The largest absolute Gasteiger partial charge is 0.368 e. The number of rotatable bonds is 5. The molecule has 0 fully saturated rings. The molecule has 22 heavy (non-hydrogen) atoms. The van der Waals surface area contributed by atoms with E-state index in [4.69, 9.17) is 11.5 Å². The lowest BCUT2D eigenvalue weighted by Gasteiger charge is -2.21. The minimum atomic E-state index is -0.246. The second-order valence-corrected chi connectivity index (χ2v) is 5.98. The van der Waals surface area contributed by atoms with Gasteiger partial charge in [0.25, 0.3) is 0 Å². The second kappa shape index (κ2) is 7.08. The van der Waals surface area contributed by atoms with Crippen LogP contribution in [0.2, 0.25) is 0 Å². The zero-order valence-electron chi connectivity index (χ0n) is 12.4. The molecule has 1 aromatic heterocycles. The van der Waals surface area contributed by atoms with Gasteiger partial charge in [-0.3, -0.25) is 4.79 Å². The summed E-state index contributed by atoms with van der Waals surface area (Å²) in [6.45, 7) is 1.85. The van der Waals surface area contributed by atoms with Crippen LogP contribution in [0.15, 0.2) is 30.3 Å². The van der Waals surface area contributed by atoms with Crippen LogP contribution in [0.25, 0.3) is 0 Å². The first-order chi connectivity index (χ1) is 10.5. The fourth-order valence-corrected chi connectivity index (χ4v) is 2.67. The molecule has 0 bridgehead atoms. The summed E-state index contributed by atoms with van der Waals surface area (Å²) in [7, 11) is 1.76. The Kier molecular flexibility index (Phi) is 5.16. The number of nitrogen functional groups attached to an aromatic ring is 2. The van der Waals surface area contributed by atoms with Crippen LogP contribution < -0.4 is 16.4 Å². The molecule has 0 aliphatic heterocycles. The van der Waals surface area contributed by atoms with E-state index < -0.39 is 0 Å². The zero-order chi connectivity index (χ0) is 16.1. The van der Waals surface area contributed by atoms with Crippen molar-refractivity contribution >= 4 is 35.3 Å². The molecule has 0 spiro atoms. The predicted molar refractivity (Wildman–Crippen MR) is 89.3 cm³/mol. The van der Waals surface area contributed by atoms with Crippen molar-refractivity contribution in [3.8, 4) is 0 Å². The summed E-state index contributed by atoms with van der Waals surface area (Å²) in [5.41, 5.74) is 11.9. The quantitative estimate of drug-likeness (QED) is 0.855. The topological polar surface area (TPSA) is 111 Å². The van der Waals surface area contributed by atoms with Crippen molar-refractivity contribution < 1.29 is 4.79 Å². The van der Waals surface area contributed by atoms with Crippen molar-refractivity contribution in [2.24, 2.45) is 0 Å². The molecule has 0 radical (unpaired) electrons. The molecule has 1 unspecified atom stereocenters. The van der Waals surface area contributed by atoms with Crippen LogP contribution in [0, 0.1) is 0 Å². The minimum absolute atomic E-state index is 0.00574. The second-order valence-electron chi connectivity index (χ2n) is 4.65. The van der Waals surface area contributed by atoms with Crippen LogP contribution in [-0.4, -0.2) is 33.2 Å². The number of carbonyl (C=O) groups excluding carboxylic acids is 1. The first-order valence-corrected chi connectivity index (χ1v) is 7.72. The maximum atomic E-state index is 12.4. The fraction of sp³-hybridized carbons (Fsp3) is 0.286. The van der Waals surface area contributed by atoms with E-state index in [1.54, 1.807) is 11.9 Å². The Balaban J connectivity index is 1.96. The zero-order valence-corrected chi connectivity index (χ0v) is 13.2. The number of carbonyl (C=O) groups is 1. The molecule has 7 nitrogen and oxygen atoms in total. The van der Waals surface area contributed by atoms with E-state index in [1.165, 1.54) is 11.8 Å². The molecule has 2 rings (SSSR count). The summed E-state index contributed by atoms with van der Waals surface area (Å²) in [5.74, 6) is 1.09. The van der Waals surface area contributed by atoms with E-state index in [1.807, 2.05) is 37.3 Å². The van der Waals surface area contributed by atoms with Gasteiger partial charge in [0.1, 0.15) is 5.82 Å². The fourth-order valence-electron chi connectivity index (χ4n) is 1.84. The third-order valence-corrected chi connectivity index (χ3v) is 4.13. The lowest BCUT2D eigenvalue weighted by atomic mass is 10.3. The lowest BCUT2D eigenvalue weighted by Crippen LogP contribution is -2.33. The highest BCUT2D eigenvalue weighted by atomic mass is 32.2. The van der Waals surface area contributed by atoms with Gasteiger partial charge in [-0.15, -0.1) is 11.8 Å². The van der Waals surface area contributed by atoms with Crippen molar-refractivity contribution in [2.75, 3.05) is 23.4 Å². The van der Waals surface area contributed by atoms with E-state index >= 15 is 0 Å². The third-order valence-electron chi connectivity index (χ3n) is 3.00. The van der Waals surface area contributed by atoms with Gasteiger partial charge < -0.3 is 16.4 Å². The van der Waals surface area contributed by atoms with Gasteiger partial charge in [0.15, 0.2) is 0 Å². The summed E-state index contributed by atoms with van der Waals surface area (Å²) in [4.78, 5) is 25.7. The number of nitrogens with zero attached hydrogens (tertiary/aromatic N) is 4. The molecule has 8 heteroatoms. The number of benzene rings is 1. The van der Waals surface area contributed by atoms with E-state index in [0.717, 1.165) is 5.69 Å². The summed E-state index contributed by atoms with van der Waals surface area (Å²) in [6, 6.07) is 9.49. The molecule has 4 N–H and O–H groups in total. The molecule has 0 aliphatic rings. The highest BCUT2D eigenvalue weighted by Gasteiger charge is 2.19. The molecule has 1 heterocycles. The number of aromatic nitrogens is 3. The Bertz CT molecular complexity index is 631. The first kappa shape index (κ1) is 16.0. The standard InChI is InChI=1S/C14H18N6OS/c1-9(12(21)20(2)10-6-4-3-5-7-10)22-8-11-17-13(15)19-14(16)18-11/h3-7,9H,8H2,1-2H3,(H4,15,16,17,18,19). The van der Waals surface area contributed by atoms with Crippen LogP contribution in [0.3, 0.4) is 0 Å². The predicted octanol–water partition coefficient (Wildman–Crippen LogP) is 1.32. The van der Waals surface area contributed by atoms with E-state index in [2.05, 4.69) is 15.0 Å². The van der Waals surface area contributed by atoms with Gasteiger partial charge in [0.05, 0.1) is 11.0 Å². The van der Waals surface area contributed by atoms with Gasteiger partial charge >= 0.3 is 0 Å². The highest BCUT2D eigenvalue weighted by molar-refractivity contribution is 7.99. The third kappa shape index (κ3) is 4.08. The van der Waals surface area contributed by atoms with Gasteiger partial charge in [-0.2, -0.15) is 15.0 Å². The number of thioether (sulfide) groups is 1. The molecule has 116 valence electrons. The Morgan fingerprint density at radius 1 is 1.18 bits per heavy atom. The van der Waals surface area contributed by atoms with Gasteiger partial charge in [0, 0.05) is 12.7 Å². The number of hydrogen-bond donors (Lipinski definition) is 2. The molecular formula is C14H18N6OS. The highest BCUT2D eigenvalue weighted by Crippen LogP contribution is 2.20. The molecule has 2 aromatic rings. The number of amides is 1. The van der Waals surface area contributed by atoms with Crippen LogP contribution >= 0.6 is 11.8 Å². The van der Waals surface area contributed by atoms with Gasteiger partial charge in [0.2, 0.25) is 17.8 Å². The maximum absolute atomic E-state index is 12.4. The van der Waals surface area contributed by atoms with E-state index in [9.17, 15) is 4.79 Å². The number of anilines is 3. The lowest BCUT2D eigenvalue weighted by molar-refractivity contribution is -0.117. The average Bonchev–Trinajstić information content (AvgIpc) is 2.51. The van der Waals surface area contributed by atoms with Gasteiger partial charge in [-0.05, 0) is 19.1 Å². The average molecular weight is 318 g/mol. The molecule has 1 amide bonds. The van der Waals surface area contributed by atoms with Crippen molar-refractivity contribution in [3.63, 3.8) is 0 Å². The Labute approximate surface area is 133 Å². The summed E-state index contributed by atoms with van der Waals surface area (Å²) in [5, 5.41) is -0.246. The van der Waals surface area contributed by atoms with Crippen LogP contribution in [0.5, 0.6) is 0 Å². The Morgan fingerprint density at radius 3 is 2.36 bits per heavy atom. The molecule has 0 saturated carbocycles. The monoisotopic (exact) mass is 318 g/mol. The molecule has 0 saturated heterocycles. The smallest absolute Gasteiger partial charge is 0.239 e. The maximum Gasteiger partial charge on any atom is 0.239 e. The first-order valence-electron chi connectivity index (χ1n) is 6.67. The van der Waals surface area contributed by atoms with Crippen molar-refractivity contribution in [3.05, 3.63) is 36.2 Å². The number of hydrogen-bond acceptors (Lipinski definition) is 7. The van der Waals surface area contributed by atoms with Crippen LogP contribution in [0.1, 0.15) is 12.7 Å². The van der Waals surface area contributed by atoms with Crippen molar-refractivity contribution in [1.82, 2.24) is 15.0 Å². The Morgan fingerprint density at radius 2 is 1.77 bits per heavy atom. The van der Waals surface area contributed by atoms with Crippen molar-refractivity contribution in [1.29, 1.82) is 0 Å². The molecule has 1 aromatic carbocycles. The van der Waals surface area contributed by atoms with E-state index in [-0.39, 0.29) is 23.1 Å². The summed E-state index contributed by atoms with van der Waals surface area (Å²) >= 11 is 1.42. The normalized spacial score (nSPS) is 11.9. The molecule has 0 aliphatic carbocycles. The SMILES string of the molecule is CC(SCc1nc(N)nc(N)n1)C(=O)N(C)c1ccccc1. The minimum Gasteiger partial charge on any atom is -0.368 e. The van der Waals surface area contributed by atoms with Crippen LogP contribution in [0.4, 0.5) is 17.6 Å². The summed E-state index contributed by atoms with van der Waals surface area (Å²) in [6.07, 6.45) is 0. The number of para-hydroxylation sites is 1. The molecular weight excluding hydrogens is 300 g/mol. The molecule has 1 atom stereocenters. The van der Waals surface area contributed by atoms with E-state index in [0.29, 0.717) is 11.6 Å². The summed E-state index contributed by atoms with van der Waals surface area (Å²) < 4.78 is 0. The van der Waals surface area contributed by atoms with Crippen molar-refractivity contribution in [2.45, 2.75) is 17.9 Å².